The van der Waals surface area contributed by atoms with Crippen LogP contribution in [0.1, 0.15) is 380 Å². The molecule has 0 saturated heterocycles. The van der Waals surface area contributed by atoms with E-state index in [-0.39, 0.29) is 135 Å². The van der Waals surface area contributed by atoms with Crippen molar-refractivity contribution in [3.05, 3.63) is 0 Å². The Morgan fingerprint density at radius 1 is 0.273 bits per heavy atom. The number of carboxylic acids is 4. The molecule has 0 bridgehead atoms. The number of carbonyl (C=O) groups is 15. The summed E-state index contributed by atoms with van der Waals surface area (Å²) in [5.74, 6) is -8.59. The predicted molar refractivity (Wildman–Crippen MR) is 469 cm³/mol. The van der Waals surface area contributed by atoms with Gasteiger partial charge in [0.15, 0.2) is 5.78 Å². The number of nitrogens with one attached hydrogen (secondary N) is 8. The molecule has 32 heteroatoms. The van der Waals surface area contributed by atoms with E-state index in [1.807, 2.05) is 0 Å². The van der Waals surface area contributed by atoms with Crippen molar-refractivity contribution in [3.8, 4) is 0 Å². The number of amides is 8. The Bertz CT molecular complexity index is 2940. The largest absolute Gasteiger partial charge is 0.481 e. The lowest BCUT2D eigenvalue weighted by Crippen LogP contribution is -2.43. The minimum atomic E-state index is -1.20. The third kappa shape index (κ3) is 67.6. The zero-order chi connectivity index (χ0) is 90.3. The summed E-state index contributed by atoms with van der Waals surface area (Å²) in [6.07, 6.45) is 38.6. The lowest BCUT2D eigenvalue weighted by atomic mass is 9.82. The van der Waals surface area contributed by atoms with E-state index in [9.17, 15) is 82.1 Å². The van der Waals surface area contributed by atoms with Crippen molar-refractivity contribution in [1.29, 1.82) is 0 Å². The van der Waals surface area contributed by atoms with Crippen LogP contribution in [0, 0.1) is 11.8 Å². The van der Waals surface area contributed by atoms with Crippen molar-refractivity contribution in [2.45, 2.75) is 422 Å². The highest BCUT2D eigenvalue weighted by Gasteiger charge is 2.31. The van der Waals surface area contributed by atoms with Gasteiger partial charge in [-0.05, 0) is 162 Å². The second-order valence-electron chi connectivity index (χ2n) is 34.0. The molecule has 22 N–H and O–H groups in total. The number of unbranched alkanes of at least 4 members (excludes halogenated alkanes) is 32. The fourth-order valence-electron chi connectivity index (χ4n) is 14.2. The Morgan fingerprint density at radius 2 is 0.512 bits per heavy atom. The zero-order valence-electron chi connectivity index (χ0n) is 74.3. The summed E-state index contributed by atoms with van der Waals surface area (Å²) in [6.45, 7) is 6.42. The molecule has 0 aromatic carbocycles. The van der Waals surface area contributed by atoms with Crippen molar-refractivity contribution in [1.82, 2.24) is 42.5 Å². The molecule has 0 aromatic heterocycles. The second kappa shape index (κ2) is 73.9. The maximum absolute atomic E-state index is 13.8. The Hall–Kier alpha value is -7.55. The molecular weight excluding hydrogens is 1560 g/mol. The number of rotatable bonds is 85. The van der Waals surface area contributed by atoms with E-state index in [0.29, 0.717) is 161 Å². The topological polar surface area (TPSA) is 563 Å². The van der Waals surface area contributed by atoms with E-state index in [1.54, 1.807) is 13.8 Å². The molecule has 121 heavy (non-hydrogen) atoms. The first-order valence-corrected chi connectivity index (χ1v) is 46.2. The van der Waals surface area contributed by atoms with E-state index in [4.69, 9.17) is 38.9 Å². The first kappa shape index (κ1) is 113. The quantitative estimate of drug-likeness (QED) is 0.0252. The highest BCUT2D eigenvalue weighted by Crippen LogP contribution is 2.25. The van der Waals surface area contributed by atoms with E-state index in [1.165, 1.54) is 71.1 Å². The van der Waals surface area contributed by atoms with E-state index >= 15 is 0 Å². The van der Waals surface area contributed by atoms with Crippen LogP contribution < -0.4 is 71.2 Å². The summed E-state index contributed by atoms with van der Waals surface area (Å²) >= 11 is 0. The Morgan fingerprint density at radius 3 is 0.760 bits per heavy atom. The van der Waals surface area contributed by atoms with Crippen molar-refractivity contribution in [2.24, 2.45) is 40.5 Å². The third-order valence-electron chi connectivity index (χ3n) is 22.2. The van der Waals surface area contributed by atoms with Gasteiger partial charge in [-0.3, -0.25) is 62.3 Å². The molecule has 0 saturated carbocycles. The molecule has 0 radical (unpaired) electrons. The Balaban J connectivity index is 4.41. The van der Waals surface area contributed by atoms with Gasteiger partial charge >= 0.3 is 23.9 Å². The van der Waals surface area contributed by atoms with Gasteiger partial charge in [-0.2, -0.15) is 0 Å². The smallest absolute Gasteiger partial charge is 0.326 e. The monoisotopic (exact) mass is 1720 g/mol. The summed E-state index contributed by atoms with van der Waals surface area (Å²) in [6, 6.07) is -5.49. The molecule has 0 fully saturated rings. The number of carbonyl (C=O) groups excluding carboxylic acids is 11. The molecule has 0 aliphatic rings. The van der Waals surface area contributed by atoms with Crippen molar-refractivity contribution >= 4 is 88.5 Å². The summed E-state index contributed by atoms with van der Waals surface area (Å²) in [5.41, 5.74) is 29.5. The van der Waals surface area contributed by atoms with Crippen LogP contribution in [0.3, 0.4) is 0 Å². The van der Waals surface area contributed by atoms with E-state index < -0.39 is 77.5 Å². The number of Topliss-reactive ketones (excluding diaryl/α,β-unsaturated/α-hetero) is 3. The van der Waals surface area contributed by atoms with Gasteiger partial charge in [-0.1, -0.05) is 167 Å². The normalized spacial score (nSPS) is 13.4. The highest BCUT2D eigenvalue weighted by molar-refractivity contribution is 5.94. The summed E-state index contributed by atoms with van der Waals surface area (Å²) in [4.78, 5) is 186. The maximum atomic E-state index is 13.8. The molecule has 8 atom stereocenters. The summed E-state index contributed by atoms with van der Waals surface area (Å²) < 4.78 is 0. The molecule has 0 heterocycles. The lowest BCUT2D eigenvalue weighted by molar-refractivity contribution is -0.142. The van der Waals surface area contributed by atoms with Crippen LogP contribution >= 0.6 is 0 Å². The highest BCUT2D eigenvalue weighted by atomic mass is 16.4. The molecule has 698 valence electrons. The van der Waals surface area contributed by atoms with E-state index in [2.05, 4.69) is 42.5 Å². The van der Waals surface area contributed by atoms with E-state index in [0.717, 1.165) is 103 Å². The van der Waals surface area contributed by atoms with Crippen LogP contribution in [-0.2, 0) is 71.9 Å². The molecular formula is C89H163N13O19. The van der Waals surface area contributed by atoms with Gasteiger partial charge < -0.3 is 91.6 Å². The first-order chi connectivity index (χ1) is 57.7. The van der Waals surface area contributed by atoms with Gasteiger partial charge in [-0.25, -0.2) is 9.59 Å². The van der Waals surface area contributed by atoms with Crippen LogP contribution in [0.4, 0.5) is 0 Å². The molecule has 1 unspecified atom stereocenters. The third-order valence-corrected chi connectivity index (χ3v) is 22.2. The van der Waals surface area contributed by atoms with Crippen molar-refractivity contribution < 1.29 is 92.3 Å². The molecule has 32 nitrogen and oxygen atoms in total. The summed E-state index contributed by atoms with van der Waals surface area (Å²) in [7, 11) is 0. The van der Waals surface area contributed by atoms with Gasteiger partial charge in [0.05, 0.1) is 29.7 Å². The molecule has 0 rings (SSSR count). The van der Waals surface area contributed by atoms with Gasteiger partial charge in [0.25, 0.3) is 0 Å². The molecule has 0 aliphatic carbocycles. The molecule has 0 aromatic rings. The Labute approximate surface area is 722 Å². The Kier molecular flexibility index (Phi) is 69.3. The summed E-state index contributed by atoms with van der Waals surface area (Å²) in [5, 5.41) is 58.7. The standard InChI is InChI=1S/C89H163N13O19/c1-66(103)67(44-32-38-60-97-83(114)71(92)48-36-42-62-99-85(116)69(90)46-34-40-58-95-77(106)56-54-73(87(118)119)101-79(108)50-28-24-20-16-12-8-4-6-10-14-18-22-26-30-52-81(110)111)64-75(104)68(65-76(105)89(2,3)94)45-33-39-61-98-84(115)72(93)49-37-43-63-100-86(117)70(91)47-35-41-59-96-78(107)57-55-74(88(120)121)102-80(109)51-29-25-21-17-13-9-5-7-11-15-19-23-27-31-53-82(112)113/h67-74H,4-65,90-94H2,1-3H3,(H,95,106)(H,96,107)(H,97,114)(H,98,115)(H,99,116)(H,100,117)(H,101,108)(H,102,109)(H,110,111)(H,112,113)(H,118,119)(H,120,121)/t67-,68-,69+,70+,71+,72+,73?,74+/m1/s1. The van der Waals surface area contributed by atoms with Crippen LogP contribution in [0.2, 0.25) is 0 Å². The second-order valence-corrected chi connectivity index (χ2v) is 34.0. The zero-order valence-corrected chi connectivity index (χ0v) is 74.3. The predicted octanol–water partition coefficient (Wildman–Crippen LogP) is 9.84. The van der Waals surface area contributed by atoms with Crippen LogP contribution in [0.5, 0.6) is 0 Å². The van der Waals surface area contributed by atoms with Gasteiger partial charge in [0, 0.05) is 102 Å². The number of hydrogen-bond donors (Lipinski definition) is 17. The fourth-order valence-corrected chi connectivity index (χ4v) is 14.2. The van der Waals surface area contributed by atoms with Crippen LogP contribution in [0.25, 0.3) is 0 Å². The number of hydrogen-bond acceptors (Lipinski definition) is 20. The van der Waals surface area contributed by atoms with Crippen molar-refractivity contribution in [2.75, 3.05) is 39.3 Å². The number of carboxylic acid groups (broad SMARTS) is 4. The maximum Gasteiger partial charge on any atom is 0.326 e. The first-order valence-electron chi connectivity index (χ1n) is 46.2. The van der Waals surface area contributed by atoms with Gasteiger partial charge in [-0.15, -0.1) is 0 Å². The van der Waals surface area contributed by atoms with Gasteiger partial charge in [0.2, 0.25) is 47.3 Å². The molecule has 0 aliphatic heterocycles. The molecule has 8 amide bonds. The fraction of sp³-hybridized carbons (Fsp3) is 0.831. The minimum Gasteiger partial charge on any atom is -0.481 e. The lowest BCUT2D eigenvalue weighted by Gasteiger charge is -2.23. The van der Waals surface area contributed by atoms with Gasteiger partial charge in [0.1, 0.15) is 23.7 Å². The van der Waals surface area contributed by atoms with Crippen molar-refractivity contribution in [3.63, 3.8) is 0 Å². The van der Waals surface area contributed by atoms with Crippen LogP contribution in [0.15, 0.2) is 0 Å². The SMILES string of the molecule is CC(=O)[C@H](CCCCNC(=O)[C@@H](N)CCCCNC(=O)[C@@H](N)CCCCNC(=O)CCC(NC(=O)CCCCCCCCCCCCCCCCC(=O)O)C(=O)O)CC(=O)[C@H](CCCCNC(=O)[C@@H](N)CCCCNC(=O)[C@@H](N)CCCCNC(=O)CC[C@H](NC(=O)CCCCCCCCCCCCCCCCC(=O)O)C(=O)O)CC(=O)C(C)(C)N. The average Bonchev–Trinajstić information content (AvgIpc) is 0.864. The number of nitrogens with two attached hydrogens (primary N) is 5. The minimum absolute atomic E-state index is 0.0497. The average molecular weight is 1720 g/mol. The van der Waals surface area contributed by atoms with Crippen LogP contribution in [-0.4, -0.2) is 190 Å². The number of ketones is 3. The number of aliphatic carboxylic acids is 4. The molecule has 0 spiro atoms.